The number of aromatic amines is 1. The van der Waals surface area contributed by atoms with Gasteiger partial charge >= 0.3 is 0 Å². The van der Waals surface area contributed by atoms with Crippen molar-refractivity contribution in [2.24, 2.45) is 5.73 Å². The summed E-state index contributed by atoms with van der Waals surface area (Å²) >= 11 is 5.52. The van der Waals surface area contributed by atoms with E-state index >= 15 is 0 Å². The minimum Gasteiger partial charge on any atom is -0.366 e. The normalized spacial score (nSPS) is 19.9. The number of hydrogen-bond acceptors (Lipinski definition) is 2. The van der Waals surface area contributed by atoms with Crippen molar-refractivity contribution in [3.05, 3.63) is 33.9 Å². The molecule has 2 aromatic rings. The lowest BCUT2D eigenvalue weighted by molar-refractivity contribution is 0.100. The zero-order valence-corrected chi connectivity index (χ0v) is 13.5. The summed E-state index contributed by atoms with van der Waals surface area (Å²) in [6.45, 7) is 0. The lowest BCUT2D eigenvalue weighted by Crippen LogP contribution is -2.11. The average molecular weight is 353 g/mol. The lowest BCUT2D eigenvalue weighted by Gasteiger charge is -2.13. The van der Waals surface area contributed by atoms with Crippen molar-refractivity contribution in [2.75, 3.05) is 11.5 Å². The van der Waals surface area contributed by atoms with Gasteiger partial charge in [-0.05, 0) is 54.4 Å². The molecule has 2 heterocycles. The number of H-pyrrole nitrogens is 1. The predicted molar refractivity (Wildman–Crippen MR) is 88.4 cm³/mol. The number of fused-ring (bicyclic) bond motifs is 1. The smallest absolute Gasteiger partial charge is 0.250 e. The van der Waals surface area contributed by atoms with Crippen molar-refractivity contribution in [2.45, 2.75) is 25.2 Å². The van der Waals surface area contributed by atoms with Gasteiger partial charge in [-0.15, -0.1) is 0 Å². The van der Waals surface area contributed by atoms with Crippen molar-refractivity contribution in [3.8, 4) is 0 Å². The first-order valence-electron chi connectivity index (χ1n) is 6.85. The molecular formula is C15H17BrN2OS. The first-order chi connectivity index (χ1) is 9.66. The minimum absolute atomic E-state index is 0.388. The van der Waals surface area contributed by atoms with E-state index in [0.29, 0.717) is 11.5 Å². The van der Waals surface area contributed by atoms with Gasteiger partial charge in [0.05, 0.1) is 11.1 Å². The van der Waals surface area contributed by atoms with Crippen LogP contribution in [0.15, 0.2) is 22.8 Å². The van der Waals surface area contributed by atoms with Crippen LogP contribution >= 0.6 is 27.7 Å². The summed E-state index contributed by atoms with van der Waals surface area (Å²) in [4.78, 5) is 14.8. The Morgan fingerprint density at radius 2 is 2.20 bits per heavy atom. The quantitative estimate of drug-likeness (QED) is 0.856. The number of primary amides is 1. The van der Waals surface area contributed by atoms with E-state index in [2.05, 4.69) is 33.2 Å². The molecule has 1 aliphatic heterocycles. The molecule has 1 aromatic carbocycles. The summed E-state index contributed by atoms with van der Waals surface area (Å²) in [5.41, 5.74) is 8.23. The van der Waals surface area contributed by atoms with Gasteiger partial charge in [0, 0.05) is 16.1 Å². The topological polar surface area (TPSA) is 58.9 Å². The fraction of sp³-hybridized carbons (Fsp3) is 0.400. The molecule has 0 radical (unpaired) electrons. The van der Waals surface area contributed by atoms with Crippen molar-refractivity contribution < 1.29 is 4.79 Å². The third kappa shape index (κ3) is 2.61. The highest BCUT2D eigenvalue weighted by molar-refractivity contribution is 9.10. The Hall–Kier alpha value is -0.940. The van der Waals surface area contributed by atoms with Gasteiger partial charge in [0.2, 0.25) is 0 Å². The van der Waals surface area contributed by atoms with Crippen molar-refractivity contribution in [1.29, 1.82) is 0 Å². The highest BCUT2D eigenvalue weighted by Crippen LogP contribution is 2.36. The highest BCUT2D eigenvalue weighted by atomic mass is 79.9. The second kappa shape index (κ2) is 5.82. The Labute approximate surface area is 130 Å². The monoisotopic (exact) mass is 352 g/mol. The van der Waals surface area contributed by atoms with Crippen molar-refractivity contribution in [1.82, 2.24) is 4.98 Å². The van der Waals surface area contributed by atoms with Crippen LogP contribution in [0.5, 0.6) is 0 Å². The fourth-order valence-electron chi connectivity index (χ4n) is 2.96. The number of benzene rings is 1. The maximum absolute atomic E-state index is 11.6. The van der Waals surface area contributed by atoms with Crippen LogP contribution in [0.2, 0.25) is 0 Å². The molecule has 0 saturated carbocycles. The first-order valence-corrected chi connectivity index (χ1v) is 8.79. The van der Waals surface area contributed by atoms with Crippen molar-refractivity contribution >= 4 is 44.5 Å². The molecule has 106 valence electrons. The molecule has 20 heavy (non-hydrogen) atoms. The molecule has 1 fully saturated rings. The molecule has 1 unspecified atom stereocenters. The molecule has 5 heteroatoms. The number of rotatable bonds is 2. The van der Waals surface area contributed by atoms with Crippen LogP contribution in [0.1, 0.15) is 41.1 Å². The van der Waals surface area contributed by atoms with Crippen LogP contribution in [-0.4, -0.2) is 22.4 Å². The molecule has 0 bridgehead atoms. The highest BCUT2D eigenvalue weighted by Gasteiger charge is 2.20. The van der Waals surface area contributed by atoms with Gasteiger partial charge in [0.25, 0.3) is 5.91 Å². The Kier molecular flexibility index (Phi) is 4.08. The number of aromatic nitrogens is 1. The summed E-state index contributed by atoms with van der Waals surface area (Å²) in [5, 5.41) is 1.13. The van der Waals surface area contributed by atoms with Gasteiger partial charge in [-0.1, -0.05) is 15.9 Å². The number of amides is 1. The van der Waals surface area contributed by atoms with Gasteiger partial charge in [0.15, 0.2) is 0 Å². The van der Waals surface area contributed by atoms with Gasteiger partial charge in [-0.2, -0.15) is 11.8 Å². The number of halogens is 1. The molecule has 1 amide bonds. The molecule has 3 nitrogen and oxygen atoms in total. The van der Waals surface area contributed by atoms with Crippen LogP contribution < -0.4 is 5.73 Å². The molecule has 1 atom stereocenters. The van der Waals surface area contributed by atoms with E-state index in [1.807, 2.05) is 11.8 Å². The van der Waals surface area contributed by atoms with Gasteiger partial charge in [-0.3, -0.25) is 4.79 Å². The number of nitrogens with two attached hydrogens (primary N) is 1. The van der Waals surface area contributed by atoms with E-state index in [-0.39, 0.29) is 5.91 Å². The fourth-order valence-corrected chi connectivity index (χ4v) is 4.45. The number of thioether (sulfide) groups is 1. The SMILES string of the molecule is NC(=O)c1cc(Br)cc2c(C3CCCSCC3)c[nH]c12. The van der Waals surface area contributed by atoms with Gasteiger partial charge < -0.3 is 10.7 Å². The molecule has 0 spiro atoms. The second-order valence-electron chi connectivity index (χ2n) is 5.22. The largest absolute Gasteiger partial charge is 0.366 e. The van der Waals surface area contributed by atoms with Crippen LogP contribution in [0, 0.1) is 0 Å². The Bertz CT molecular complexity index is 645. The minimum atomic E-state index is -0.388. The van der Waals surface area contributed by atoms with Gasteiger partial charge in [-0.25, -0.2) is 0 Å². The predicted octanol–water partition coefficient (Wildman–Crippen LogP) is 4.03. The third-order valence-corrected chi connectivity index (χ3v) is 5.50. The molecule has 1 aromatic heterocycles. The van der Waals surface area contributed by atoms with Crippen molar-refractivity contribution in [3.63, 3.8) is 0 Å². The first kappa shape index (κ1) is 14.0. The lowest BCUT2D eigenvalue weighted by atomic mass is 9.91. The van der Waals surface area contributed by atoms with E-state index in [4.69, 9.17) is 5.73 Å². The maximum Gasteiger partial charge on any atom is 0.250 e. The van der Waals surface area contributed by atoms with Gasteiger partial charge in [0.1, 0.15) is 0 Å². The maximum atomic E-state index is 11.6. The molecular weight excluding hydrogens is 336 g/mol. The van der Waals surface area contributed by atoms with Crippen LogP contribution in [-0.2, 0) is 0 Å². The standard InChI is InChI=1S/C15H17BrN2OS/c16-10-6-11-13(9-2-1-4-20-5-3-9)8-18-14(11)12(7-10)15(17)19/h6-9,18H,1-5H2,(H2,17,19). The summed E-state index contributed by atoms with van der Waals surface area (Å²) in [5.74, 6) is 2.67. The third-order valence-electron chi connectivity index (χ3n) is 3.94. The molecule has 0 aliphatic carbocycles. The Morgan fingerprint density at radius 3 is 3.00 bits per heavy atom. The van der Waals surface area contributed by atoms with Crippen LogP contribution in [0.25, 0.3) is 10.9 Å². The summed E-state index contributed by atoms with van der Waals surface area (Å²) in [6, 6.07) is 3.87. The van der Waals surface area contributed by atoms with E-state index in [1.165, 1.54) is 36.3 Å². The average Bonchev–Trinajstić information content (AvgIpc) is 2.65. The second-order valence-corrected chi connectivity index (χ2v) is 7.36. The molecule has 3 rings (SSSR count). The number of carbonyl (C=O) groups is 1. The van der Waals surface area contributed by atoms with Crippen LogP contribution in [0.4, 0.5) is 0 Å². The molecule has 3 N–H and O–H groups in total. The zero-order valence-electron chi connectivity index (χ0n) is 11.1. The summed E-state index contributed by atoms with van der Waals surface area (Å²) in [6.07, 6.45) is 5.75. The number of nitrogens with one attached hydrogen (secondary N) is 1. The molecule has 1 saturated heterocycles. The van der Waals surface area contributed by atoms with E-state index in [9.17, 15) is 4.79 Å². The van der Waals surface area contributed by atoms with E-state index < -0.39 is 0 Å². The van der Waals surface area contributed by atoms with Crippen LogP contribution in [0.3, 0.4) is 0 Å². The number of carbonyl (C=O) groups excluding carboxylic acids is 1. The van der Waals surface area contributed by atoms with E-state index in [0.717, 1.165) is 15.4 Å². The molecule has 1 aliphatic rings. The summed E-state index contributed by atoms with van der Waals surface area (Å²) in [7, 11) is 0. The summed E-state index contributed by atoms with van der Waals surface area (Å²) < 4.78 is 0.905. The zero-order chi connectivity index (χ0) is 14.1. The Morgan fingerprint density at radius 1 is 1.35 bits per heavy atom. The number of hydrogen-bond donors (Lipinski definition) is 2. The van der Waals surface area contributed by atoms with E-state index in [1.54, 1.807) is 6.07 Å². The Balaban J connectivity index is 2.10.